The molecule has 1 heterocycles. The van der Waals surface area contributed by atoms with Gasteiger partial charge in [0.05, 0.1) is 11.0 Å². The van der Waals surface area contributed by atoms with Gasteiger partial charge in [-0.3, -0.25) is 15.0 Å². The second-order valence-electron chi connectivity index (χ2n) is 6.03. The van der Waals surface area contributed by atoms with E-state index in [1.165, 1.54) is 18.6 Å². The van der Waals surface area contributed by atoms with E-state index in [-0.39, 0.29) is 5.69 Å². The number of nitro benzene ring substituents is 1. The summed E-state index contributed by atoms with van der Waals surface area (Å²) >= 11 is 0. The van der Waals surface area contributed by atoms with Gasteiger partial charge in [-0.25, -0.2) is 0 Å². The third kappa shape index (κ3) is 3.77. The van der Waals surface area contributed by atoms with Crippen LogP contribution in [0.3, 0.4) is 0 Å². The molecule has 20 heavy (non-hydrogen) atoms. The van der Waals surface area contributed by atoms with Crippen LogP contribution in [0.4, 0.5) is 5.69 Å². The number of aliphatic hydroxyl groups is 1. The molecule has 1 fully saturated rings. The molecule has 3 atom stereocenters. The van der Waals surface area contributed by atoms with Crippen molar-refractivity contribution in [2.75, 3.05) is 19.6 Å². The van der Waals surface area contributed by atoms with Gasteiger partial charge in [-0.05, 0) is 36.0 Å². The lowest BCUT2D eigenvalue weighted by Gasteiger charge is -2.36. The largest absolute Gasteiger partial charge is 0.387 e. The molecule has 0 radical (unpaired) electrons. The minimum absolute atomic E-state index is 0.0566. The summed E-state index contributed by atoms with van der Waals surface area (Å²) in [6, 6.07) is 6.17. The molecule has 1 aliphatic rings. The fraction of sp³-hybridized carbons (Fsp3) is 0.600. The third-order valence-corrected chi connectivity index (χ3v) is 3.86. The second kappa shape index (κ2) is 6.33. The van der Waals surface area contributed by atoms with E-state index in [9.17, 15) is 15.2 Å². The number of β-amino-alcohol motifs (C(OH)–C–C–N with tert-alkyl or cyclic N) is 1. The maximum atomic E-state index is 10.6. The van der Waals surface area contributed by atoms with Gasteiger partial charge < -0.3 is 5.11 Å². The average molecular weight is 278 g/mol. The van der Waals surface area contributed by atoms with Crippen LogP contribution >= 0.6 is 0 Å². The predicted molar refractivity (Wildman–Crippen MR) is 77.4 cm³/mol. The van der Waals surface area contributed by atoms with Crippen molar-refractivity contribution in [3.63, 3.8) is 0 Å². The molecule has 1 aromatic carbocycles. The summed E-state index contributed by atoms with van der Waals surface area (Å²) < 4.78 is 0. The monoisotopic (exact) mass is 278 g/mol. The van der Waals surface area contributed by atoms with Crippen LogP contribution in [0.15, 0.2) is 24.3 Å². The number of nitro groups is 1. The first-order valence-corrected chi connectivity index (χ1v) is 7.10. The number of aliphatic hydroxyl groups excluding tert-OH is 1. The number of likely N-dealkylation sites (tertiary alicyclic amines) is 1. The van der Waals surface area contributed by atoms with E-state index < -0.39 is 11.0 Å². The van der Waals surface area contributed by atoms with Crippen molar-refractivity contribution in [2.24, 2.45) is 11.8 Å². The van der Waals surface area contributed by atoms with Gasteiger partial charge >= 0.3 is 0 Å². The molecule has 0 spiro atoms. The van der Waals surface area contributed by atoms with Crippen molar-refractivity contribution in [3.8, 4) is 0 Å². The van der Waals surface area contributed by atoms with E-state index in [2.05, 4.69) is 18.7 Å². The first-order valence-electron chi connectivity index (χ1n) is 7.10. The lowest BCUT2D eigenvalue weighted by Crippen LogP contribution is -2.40. The Labute approximate surface area is 119 Å². The van der Waals surface area contributed by atoms with Gasteiger partial charge in [-0.2, -0.15) is 0 Å². The molecule has 110 valence electrons. The van der Waals surface area contributed by atoms with Gasteiger partial charge in [0, 0.05) is 31.8 Å². The average Bonchev–Trinajstić information content (AvgIpc) is 2.37. The predicted octanol–water partition coefficient (Wildman–Crippen LogP) is 2.61. The van der Waals surface area contributed by atoms with Crippen molar-refractivity contribution in [3.05, 3.63) is 39.9 Å². The molecule has 0 aromatic heterocycles. The van der Waals surface area contributed by atoms with Gasteiger partial charge in [-0.1, -0.05) is 13.8 Å². The van der Waals surface area contributed by atoms with Crippen molar-refractivity contribution in [1.29, 1.82) is 0 Å². The van der Waals surface area contributed by atoms with Crippen molar-refractivity contribution < 1.29 is 10.0 Å². The SMILES string of the molecule is CC1CC(C)CN(CC(O)c2ccc([N+](=O)[O-])cc2)C1. The van der Waals surface area contributed by atoms with Crippen LogP contribution in [0, 0.1) is 22.0 Å². The summed E-state index contributed by atoms with van der Waals surface area (Å²) in [6.45, 7) is 7.08. The van der Waals surface area contributed by atoms with E-state index in [4.69, 9.17) is 0 Å². The molecular weight excluding hydrogens is 256 g/mol. The van der Waals surface area contributed by atoms with E-state index >= 15 is 0 Å². The van der Waals surface area contributed by atoms with E-state index in [0.29, 0.717) is 18.4 Å². The molecule has 5 heteroatoms. The zero-order valence-electron chi connectivity index (χ0n) is 12.0. The first-order chi connectivity index (χ1) is 9.45. The van der Waals surface area contributed by atoms with E-state index in [1.54, 1.807) is 12.1 Å². The molecule has 0 saturated carbocycles. The molecule has 5 nitrogen and oxygen atoms in total. The van der Waals surface area contributed by atoms with Crippen molar-refractivity contribution >= 4 is 5.69 Å². The van der Waals surface area contributed by atoms with Crippen LogP contribution in [0.25, 0.3) is 0 Å². The van der Waals surface area contributed by atoms with Crippen LogP contribution in [-0.2, 0) is 0 Å². The van der Waals surface area contributed by atoms with Crippen molar-refractivity contribution in [2.45, 2.75) is 26.4 Å². The Hall–Kier alpha value is -1.46. The van der Waals surface area contributed by atoms with E-state index in [0.717, 1.165) is 18.7 Å². The highest BCUT2D eigenvalue weighted by atomic mass is 16.6. The van der Waals surface area contributed by atoms with Gasteiger partial charge in [0.15, 0.2) is 0 Å². The Morgan fingerprint density at radius 1 is 1.30 bits per heavy atom. The fourth-order valence-electron chi connectivity index (χ4n) is 3.11. The zero-order valence-corrected chi connectivity index (χ0v) is 12.0. The lowest BCUT2D eigenvalue weighted by molar-refractivity contribution is -0.384. The summed E-state index contributed by atoms with van der Waals surface area (Å²) in [5.41, 5.74) is 0.794. The molecule has 0 aliphatic carbocycles. The number of hydrogen-bond acceptors (Lipinski definition) is 4. The molecular formula is C15H22N2O3. The van der Waals surface area contributed by atoms with Crippen LogP contribution < -0.4 is 0 Å². The van der Waals surface area contributed by atoms with E-state index in [1.807, 2.05) is 0 Å². The highest BCUT2D eigenvalue weighted by Crippen LogP contribution is 2.24. The molecule has 2 rings (SSSR count). The molecule has 1 saturated heterocycles. The molecule has 1 N–H and O–H groups in total. The standard InChI is InChI=1S/C15H22N2O3/c1-11-7-12(2)9-16(8-11)10-15(18)13-3-5-14(6-4-13)17(19)20/h3-6,11-12,15,18H,7-10H2,1-2H3. The van der Waals surface area contributed by atoms with Crippen LogP contribution in [0.5, 0.6) is 0 Å². The number of benzene rings is 1. The zero-order chi connectivity index (χ0) is 14.7. The van der Waals surface area contributed by atoms with Gasteiger partial charge in [0.2, 0.25) is 0 Å². The second-order valence-corrected chi connectivity index (χ2v) is 6.03. The Bertz CT molecular complexity index is 451. The number of rotatable bonds is 4. The van der Waals surface area contributed by atoms with Gasteiger partial charge in [-0.15, -0.1) is 0 Å². The summed E-state index contributed by atoms with van der Waals surface area (Å²) in [5, 5.41) is 20.9. The number of hydrogen-bond donors (Lipinski definition) is 1. The minimum atomic E-state index is -0.590. The van der Waals surface area contributed by atoms with Gasteiger partial charge in [0.25, 0.3) is 5.69 Å². The summed E-state index contributed by atoms with van der Waals surface area (Å²) in [5.74, 6) is 1.31. The minimum Gasteiger partial charge on any atom is -0.387 e. The maximum Gasteiger partial charge on any atom is 0.269 e. The quantitative estimate of drug-likeness (QED) is 0.679. The Morgan fingerprint density at radius 2 is 1.85 bits per heavy atom. The highest BCUT2D eigenvalue weighted by Gasteiger charge is 2.24. The Morgan fingerprint density at radius 3 is 2.35 bits per heavy atom. The number of nitrogens with zero attached hydrogens (tertiary/aromatic N) is 2. The summed E-state index contributed by atoms with van der Waals surface area (Å²) in [6.07, 6.45) is 0.651. The maximum absolute atomic E-state index is 10.6. The number of piperidine rings is 1. The first kappa shape index (κ1) is 14.9. The summed E-state index contributed by atoms with van der Waals surface area (Å²) in [7, 11) is 0. The highest BCUT2D eigenvalue weighted by molar-refractivity contribution is 5.33. The van der Waals surface area contributed by atoms with Crippen LogP contribution in [0.1, 0.15) is 31.9 Å². The lowest BCUT2D eigenvalue weighted by atomic mass is 9.91. The molecule has 3 unspecified atom stereocenters. The summed E-state index contributed by atoms with van der Waals surface area (Å²) in [4.78, 5) is 12.5. The Balaban J connectivity index is 1.97. The number of non-ortho nitro benzene ring substituents is 1. The van der Waals surface area contributed by atoms with Crippen LogP contribution in [0.2, 0.25) is 0 Å². The van der Waals surface area contributed by atoms with Gasteiger partial charge in [0.1, 0.15) is 0 Å². The normalized spacial score (nSPS) is 25.4. The topological polar surface area (TPSA) is 66.6 Å². The molecule has 1 aromatic rings. The van der Waals surface area contributed by atoms with Crippen LogP contribution in [-0.4, -0.2) is 34.6 Å². The van der Waals surface area contributed by atoms with Crippen molar-refractivity contribution in [1.82, 2.24) is 4.90 Å². The molecule has 0 amide bonds. The third-order valence-electron chi connectivity index (χ3n) is 3.86. The molecule has 1 aliphatic heterocycles. The smallest absolute Gasteiger partial charge is 0.269 e. The fourth-order valence-corrected chi connectivity index (χ4v) is 3.11. The Kier molecular flexibility index (Phi) is 4.73. The molecule has 0 bridgehead atoms.